The number of hydrogen-bond donors (Lipinski definition) is 1. The zero-order chi connectivity index (χ0) is 15.9. The minimum absolute atomic E-state index is 0.159. The molecule has 1 N–H and O–H groups in total. The van der Waals surface area contributed by atoms with Crippen LogP contribution in [-0.4, -0.2) is 19.1 Å². The second kappa shape index (κ2) is 7.92. The number of ether oxygens (including phenoxy) is 2. The number of halogens is 2. The number of carbonyl (C=O) groups excluding carboxylic acids is 1. The molecule has 2 aromatic carbocycles. The fourth-order valence-electron chi connectivity index (χ4n) is 1.74. The number of carbonyl (C=O) groups is 1. The summed E-state index contributed by atoms with van der Waals surface area (Å²) < 4.78 is 10.7. The van der Waals surface area contributed by atoms with E-state index in [1.165, 1.54) is 0 Å². The van der Waals surface area contributed by atoms with E-state index < -0.39 is 0 Å². The first kappa shape index (κ1) is 16.5. The van der Waals surface area contributed by atoms with Crippen LogP contribution in [0.1, 0.15) is 6.92 Å². The topological polar surface area (TPSA) is 47.6 Å². The van der Waals surface area contributed by atoms with E-state index >= 15 is 0 Å². The van der Waals surface area contributed by atoms with Crippen molar-refractivity contribution < 1.29 is 14.3 Å². The Morgan fingerprint density at radius 2 is 1.82 bits per heavy atom. The van der Waals surface area contributed by atoms with Crippen molar-refractivity contribution in [3.05, 3.63) is 52.5 Å². The van der Waals surface area contributed by atoms with Gasteiger partial charge >= 0.3 is 0 Å². The minimum atomic E-state index is -0.291. The van der Waals surface area contributed by atoms with Crippen LogP contribution in [0.2, 0.25) is 10.0 Å². The van der Waals surface area contributed by atoms with E-state index in [9.17, 15) is 4.79 Å². The molecule has 0 aliphatic heterocycles. The Balaban J connectivity index is 1.89. The third-order valence-corrected chi connectivity index (χ3v) is 3.53. The average Bonchev–Trinajstić information content (AvgIpc) is 2.51. The van der Waals surface area contributed by atoms with Crippen LogP contribution in [0.3, 0.4) is 0 Å². The molecular formula is C16H15Cl2NO3. The number of hydrogen-bond acceptors (Lipinski definition) is 3. The number of amides is 1. The lowest BCUT2D eigenvalue weighted by molar-refractivity contribution is -0.118. The molecule has 4 nitrogen and oxygen atoms in total. The fraction of sp³-hybridized carbons (Fsp3) is 0.188. The van der Waals surface area contributed by atoms with Crippen molar-refractivity contribution in [3.8, 4) is 11.5 Å². The Morgan fingerprint density at radius 1 is 1.09 bits per heavy atom. The van der Waals surface area contributed by atoms with Crippen LogP contribution in [0, 0.1) is 0 Å². The number of nitrogens with one attached hydrogen (secondary N) is 1. The van der Waals surface area contributed by atoms with Crippen molar-refractivity contribution >= 4 is 34.8 Å². The third kappa shape index (κ3) is 4.55. The summed E-state index contributed by atoms with van der Waals surface area (Å²) in [4.78, 5) is 11.8. The van der Waals surface area contributed by atoms with Gasteiger partial charge in [0.1, 0.15) is 16.5 Å². The van der Waals surface area contributed by atoms with Crippen LogP contribution < -0.4 is 14.8 Å². The standard InChI is InChI=1S/C16H15Cl2NO3/c1-2-21-12-8-6-11(7-9-12)19-15(20)10-22-14-5-3-4-13(17)16(14)18/h3-9H,2,10H2,1H3,(H,19,20). The average molecular weight is 340 g/mol. The van der Waals surface area contributed by atoms with E-state index in [1.807, 2.05) is 6.92 Å². The van der Waals surface area contributed by atoms with Gasteiger partial charge in [0.15, 0.2) is 6.61 Å². The summed E-state index contributed by atoms with van der Waals surface area (Å²) in [6.45, 7) is 2.35. The van der Waals surface area contributed by atoms with Gasteiger partial charge in [-0.1, -0.05) is 29.3 Å². The van der Waals surface area contributed by atoms with E-state index in [2.05, 4.69) is 5.32 Å². The Bertz CT molecular complexity index is 644. The Hall–Kier alpha value is -1.91. The van der Waals surface area contributed by atoms with Crippen LogP contribution >= 0.6 is 23.2 Å². The van der Waals surface area contributed by atoms with Crippen LogP contribution in [0.15, 0.2) is 42.5 Å². The molecule has 0 saturated carbocycles. The van der Waals surface area contributed by atoms with E-state index in [1.54, 1.807) is 42.5 Å². The van der Waals surface area contributed by atoms with Gasteiger partial charge in [-0.2, -0.15) is 0 Å². The zero-order valence-electron chi connectivity index (χ0n) is 11.9. The predicted molar refractivity (Wildman–Crippen MR) is 88.2 cm³/mol. The van der Waals surface area contributed by atoms with Crippen molar-refractivity contribution in [2.45, 2.75) is 6.92 Å². The Labute approximate surface area is 138 Å². The molecule has 0 aliphatic carbocycles. The first-order valence-corrected chi connectivity index (χ1v) is 7.45. The number of anilines is 1. The van der Waals surface area contributed by atoms with Gasteiger partial charge in [0.05, 0.1) is 11.6 Å². The minimum Gasteiger partial charge on any atom is -0.494 e. The summed E-state index contributed by atoms with van der Waals surface area (Å²) in [5.74, 6) is 0.832. The van der Waals surface area contributed by atoms with Gasteiger partial charge in [0.25, 0.3) is 5.91 Å². The maximum atomic E-state index is 11.8. The maximum absolute atomic E-state index is 11.8. The van der Waals surface area contributed by atoms with Crippen molar-refractivity contribution in [2.75, 3.05) is 18.5 Å². The molecule has 0 aliphatic rings. The van der Waals surface area contributed by atoms with Gasteiger partial charge in [-0.25, -0.2) is 0 Å². The fourth-order valence-corrected chi connectivity index (χ4v) is 2.08. The van der Waals surface area contributed by atoms with E-state index in [4.69, 9.17) is 32.7 Å². The van der Waals surface area contributed by atoms with Gasteiger partial charge in [-0.3, -0.25) is 4.79 Å². The zero-order valence-corrected chi connectivity index (χ0v) is 13.4. The highest BCUT2D eigenvalue weighted by atomic mass is 35.5. The van der Waals surface area contributed by atoms with Crippen LogP contribution in [0.4, 0.5) is 5.69 Å². The molecule has 0 aromatic heterocycles. The van der Waals surface area contributed by atoms with E-state index in [0.29, 0.717) is 23.1 Å². The van der Waals surface area contributed by atoms with Crippen molar-refractivity contribution in [1.82, 2.24) is 0 Å². The molecule has 2 aromatic rings. The smallest absolute Gasteiger partial charge is 0.262 e. The Morgan fingerprint density at radius 3 is 2.50 bits per heavy atom. The van der Waals surface area contributed by atoms with Gasteiger partial charge in [0, 0.05) is 5.69 Å². The molecule has 0 spiro atoms. The van der Waals surface area contributed by atoms with Gasteiger partial charge < -0.3 is 14.8 Å². The maximum Gasteiger partial charge on any atom is 0.262 e. The number of benzene rings is 2. The Kier molecular flexibility index (Phi) is 5.92. The molecule has 116 valence electrons. The summed E-state index contributed by atoms with van der Waals surface area (Å²) in [6.07, 6.45) is 0. The van der Waals surface area contributed by atoms with Gasteiger partial charge in [0.2, 0.25) is 0 Å². The summed E-state index contributed by atoms with van der Waals surface area (Å²) in [5, 5.41) is 3.39. The molecule has 1 amide bonds. The molecular weight excluding hydrogens is 325 g/mol. The van der Waals surface area contributed by atoms with Crippen molar-refractivity contribution in [2.24, 2.45) is 0 Å². The quantitative estimate of drug-likeness (QED) is 0.847. The lowest BCUT2D eigenvalue weighted by atomic mass is 10.3. The molecule has 0 radical (unpaired) electrons. The van der Waals surface area contributed by atoms with Crippen molar-refractivity contribution in [1.29, 1.82) is 0 Å². The molecule has 0 heterocycles. The molecule has 22 heavy (non-hydrogen) atoms. The summed E-state index contributed by atoms with van der Waals surface area (Å²) in [7, 11) is 0. The van der Waals surface area contributed by atoms with Crippen LogP contribution in [0.25, 0.3) is 0 Å². The van der Waals surface area contributed by atoms with Gasteiger partial charge in [-0.15, -0.1) is 0 Å². The van der Waals surface area contributed by atoms with Crippen molar-refractivity contribution in [3.63, 3.8) is 0 Å². The molecule has 0 fully saturated rings. The highest BCUT2D eigenvalue weighted by Crippen LogP contribution is 2.31. The number of rotatable bonds is 6. The monoisotopic (exact) mass is 339 g/mol. The molecule has 0 atom stereocenters. The van der Waals surface area contributed by atoms with Crippen LogP contribution in [-0.2, 0) is 4.79 Å². The van der Waals surface area contributed by atoms with Gasteiger partial charge in [-0.05, 0) is 43.3 Å². The molecule has 0 bridgehead atoms. The largest absolute Gasteiger partial charge is 0.494 e. The predicted octanol–water partition coefficient (Wildman–Crippen LogP) is 4.41. The normalized spacial score (nSPS) is 10.1. The molecule has 0 unspecified atom stereocenters. The lowest BCUT2D eigenvalue weighted by Gasteiger charge is -2.10. The van der Waals surface area contributed by atoms with E-state index in [-0.39, 0.29) is 17.5 Å². The second-order valence-corrected chi connectivity index (χ2v) is 5.13. The summed E-state index contributed by atoms with van der Waals surface area (Å²) in [6, 6.07) is 12.1. The summed E-state index contributed by atoms with van der Waals surface area (Å²) >= 11 is 11.9. The lowest BCUT2D eigenvalue weighted by Crippen LogP contribution is -2.20. The van der Waals surface area contributed by atoms with Crippen LogP contribution in [0.5, 0.6) is 11.5 Å². The first-order valence-electron chi connectivity index (χ1n) is 6.69. The molecule has 2 rings (SSSR count). The SMILES string of the molecule is CCOc1ccc(NC(=O)COc2cccc(Cl)c2Cl)cc1. The highest BCUT2D eigenvalue weighted by molar-refractivity contribution is 6.42. The summed E-state index contributed by atoms with van der Waals surface area (Å²) in [5.41, 5.74) is 0.661. The molecule has 0 saturated heterocycles. The second-order valence-electron chi connectivity index (χ2n) is 4.35. The van der Waals surface area contributed by atoms with E-state index in [0.717, 1.165) is 5.75 Å². The first-order chi connectivity index (χ1) is 10.6. The molecule has 6 heteroatoms. The highest BCUT2D eigenvalue weighted by Gasteiger charge is 2.08. The third-order valence-electron chi connectivity index (χ3n) is 2.72.